The summed E-state index contributed by atoms with van der Waals surface area (Å²) in [5.74, 6) is -3.65. The Hall–Kier alpha value is -2.77. The van der Waals surface area contributed by atoms with Crippen molar-refractivity contribution >= 4 is 35.3 Å². The number of thioether (sulfide) groups is 1. The van der Waals surface area contributed by atoms with E-state index in [0.29, 0.717) is 0 Å². The third-order valence-corrected chi connectivity index (χ3v) is 4.86. The standard InChI is InChI=1S/C17H15ClN2S.C2H2O4/c18-15-6-8-16(9-7-15)21-17(20-11-10-19-13-20)12-14-4-2-1-3-5-14;3-1(4)2(5)6/h1-11,13,17H,12H2;(H,3,4)(H,5,6). The molecule has 140 valence electrons. The molecule has 8 heteroatoms. The van der Waals surface area contributed by atoms with Crippen LogP contribution in [0.15, 0.2) is 78.2 Å². The molecule has 0 aliphatic carbocycles. The molecular formula is C19H17ClN2O4S. The fourth-order valence-electron chi connectivity index (χ4n) is 2.13. The monoisotopic (exact) mass is 404 g/mol. The molecule has 1 atom stereocenters. The van der Waals surface area contributed by atoms with Crippen LogP contribution in [0.5, 0.6) is 0 Å². The fourth-order valence-corrected chi connectivity index (χ4v) is 3.39. The molecule has 0 bridgehead atoms. The summed E-state index contributed by atoms with van der Waals surface area (Å²) in [6.07, 6.45) is 6.65. The van der Waals surface area contributed by atoms with Crippen LogP contribution in [0.3, 0.4) is 0 Å². The van der Waals surface area contributed by atoms with Gasteiger partial charge in [0, 0.05) is 28.7 Å². The van der Waals surface area contributed by atoms with Crippen LogP contribution in [0.25, 0.3) is 0 Å². The van der Waals surface area contributed by atoms with Gasteiger partial charge in [0.2, 0.25) is 0 Å². The number of carbonyl (C=O) groups is 2. The van der Waals surface area contributed by atoms with Gasteiger partial charge in [-0.3, -0.25) is 0 Å². The van der Waals surface area contributed by atoms with Crippen LogP contribution in [0.4, 0.5) is 0 Å². The van der Waals surface area contributed by atoms with Gasteiger partial charge >= 0.3 is 11.9 Å². The number of halogens is 1. The summed E-state index contributed by atoms with van der Waals surface area (Å²) < 4.78 is 2.15. The normalized spacial score (nSPS) is 11.1. The van der Waals surface area contributed by atoms with Crippen molar-refractivity contribution in [2.24, 2.45) is 0 Å². The lowest BCUT2D eigenvalue weighted by Gasteiger charge is -2.18. The van der Waals surface area contributed by atoms with Gasteiger partial charge in [0.05, 0.1) is 11.7 Å². The number of rotatable bonds is 5. The van der Waals surface area contributed by atoms with Crippen LogP contribution >= 0.6 is 23.4 Å². The van der Waals surface area contributed by atoms with E-state index in [-0.39, 0.29) is 5.37 Å². The van der Waals surface area contributed by atoms with Gasteiger partial charge in [-0.15, -0.1) is 11.8 Å². The minimum atomic E-state index is -1.82. The molecule has 1 aromatic heterocycles. The van der Waals surface area contributed by atoms with Crippen LogP contribution in [0, 0.1) is 0 Å². The molecule has 0 aliphatic heterocycles. The Morgan fingerprint density at radius 2 is 1.67 bits per heavy atom. The minimum Gasteiger partial charge on any atom is -0.473 e. The maximum absolute atomic E-state index is 9.10. The zero-order valence-electron chi connectivity index (χ0n) is 14.1. The molecule has 0 radical (unpaired) electrons. The first-order valence-electron chi connectivity index (χ1n) is 7.85. The molecule has 3 rings (SSSR count). The quantitative estimate of drug-likeness (QED) is 0.488. The lowest BCUT2D eigenvalue weighted by atomic mass is 10.1. The molecule has 6 nitrogen and oxygen atoms in total. The van der Waals surface area contributed by atoms with E-state index in [1.165, 1.54) is 10.5 Å². The molecule has 2 N–H and O–H groups in total. The van der Waals surface area contributed by atoms with Crippen LogP contribution < -0.4 is 0 Å². The van der Waals surface area contributed by atoms with Gasteiger partial charge in [-0.25, -0.2) is 14.6 Å². The Kier molecular flexibility index (Phi) is 7.91. The fraction of sp³-hybridized carbons (Fsp3) is 0.105. The number of hydrogen-bond donors (Lipinski definition) is 2. The van der Waals surface area contributed by atoms with Crippen molar-refractivity contribution in [3.05, 3.63) is 83.9 Å². The Morgan fingerprint density at radius 3 is 2.19 bits per heavy atom. The molecule has 1 unspecified atom stereocenters. The van der Waals surface area contributed by atoms with E-state index in [0.717, 1.165) is 11.4 Å². The third-order valence-electron chi connectivity index (χ3n) is 3.38. The summed E-state index contributed by atoms with van der Waals surface area (Å²) in [5.41, 5.74) is 1.32. The molecule has 0 spiro atoms. The number of aromatic nitrogens is 2. The second-order valence-corrected chi connectivity index (χ2v) is 7.02. The van der Waals surface area contributed by atoms with Crippen LogP contribution in [-0.2, 0) is 16.0 Å². The van der Waals surface area contributed by atoms with Gasteiger partial charge in [-0.05, 0) is 29.8 Å². The number of benzene rings is 2. The van der Waals surface area contributed by atoms with Crippen molar-refractivity contribution in [3.8, 4) is 0 Å². The lowest BCUT2D eigenvalue weighted by Crippen LogP contribution is -2.09. The average molecular weight is 405 g/mol. The van der Waals surface area contributed by atoms with Gasteiger partial charge in [0.25, 0.3) is 0 Å². The maximum Gasteiger partial charge on any atom is 0.414 e. The third kappa shape index (κ3) is 7.16. The van der Waals surface area contributed by atoms with Crippen molar-refractivity contribution in [2.45, 2.75) is 16.7 Å². The Morgan fingerprint density at radius 1 is 1.04 bits per heavy atom. The smallest absolute Gasteiger partial charge is 0.414 e. The number of imidazole rings is 1. The second kappa shape index (κ2) is 10.4. The van der Waals surface area contributed by atoms with Gasteiger partial charge in [-0.2, -0.15) is 0 Å². The predicted octanol–water partition coefficient (Wildman–Crippen LogP) is 4.23. The topological polar surface area (TPSA) is 92.4 Å². The molecule has 3 aromatic rings. The van der Waals surface area contributed by atoms with Gasteiger partial charge in [0.15, 0.2) is 0 Å². The average Bonchev–Trinajstić information content (AvgIpc) is 3.19. The Bertz CT molecular complexity index is 843. The van der Waals surface area contributed by atoms with Gasteiger partial charge < -0.3 is 14.8 Å². The molecule has 0 saturated carbocycles. The van der Waals surface area contributed by atoms with E-state index in [1.54, 1.807) is 0 Å². The van der Waals surface area contributed by atoms with E-state index in [9.17, 15) is 0 Å². The van der Waals surface area contributed by atoms with Gasteiger partial charge in [-0.1, -0.05) is 41.9 Å². The van der Waals surface area contributed by atoms with E-state index in [2.05, 4.69) is 45.9 Å². The summed E-state index contributed by atoms with van der Waals surface area (Å²) in [5, 5.41) is 15.8. The van der Waals surface area contributed by atoms with Crippen molar-refractivity contribution in [3.63, 3.8) is 0 Å². The maximum atomic E-state index is 9.10. The predicted molar refractivity (Wildman–Crippen MR) is 104 cm³/mol. The molecular weight excluding hydrogens is 388 g/mol. The summed E-state index contributed by atoms with van der Waals surface area (Å²) in [6.45, 7) is 0. The van der Waals surface area contributed by atoms with E-state index < -0.39 is 11.9 Å². The largest absolute Gasteiger partial charge is 0.473 e. The highest BCUT2D eigenvalue weighted by Gasteiger charge is 2.13. The van der Waals surface area contributed by atoms with E-state index in [1.807, 2.05) is 48.7 Å². The van der Waals surface area contributed by atoms with Crippen LogP contribution in [0.1, 0.15) is 10.9 Å². The van der Waals surface area contributed by atoms with Crippen LogP contribution in [0.2, 0.25) is 5.02 Å². The van der Waals surface area contributed by atoms with E-state index in [4.69, 9.17) is 31.4 Å². The zero-order valence-corrected chi connectivity index (χ0v) is 15.7. The number of carboxylic acids is 2. The van der Waals surface area contributed by atoms with Crippen LogP contribution in [-0.4, -0.2) is 31.7 Å². The first kappa shape index (κ1) is 20.5. The number of aliphatic carboxylic acids is 2. The summed E-state index contributed by atoms with van der Waals surface area (Å²) in [7, 11) is 0. The highest BCUT2D eigenvalue weighted by molar-refractivity contribution is 7.99. The highest BCUT2D eigenvalue weighted by atomic mass is 35.5. The first-order valence-corrected chi connectivity index (χ1v) is 9.11. The summed E-state index contributed by atoms with van der Waals surface area (Å²) in [4.78, 5) is 23.6. The van der Waals surface area contributed by atoms with Crippen molar-refractivity contribution in [2.75, 3.05) is 0 Å². The summed E-state index contributed by atoms with van der Waals surface area (Å²) in [6, 6.07) is 18.5. The Labute approximate surface area is 165 Å². The molecule has 1 heterocycles. The number of carboxylic acid groups (broad SMARTS) is 2. The van der Waals surface area contributed by atoms with Gasteiger partial charge in [0.1, 0.15) is 0 Å². The second-order valence-electron chi connectivity index (χ2n) is 5.34. The molecule has 0 amide bonds. The van der Waals surface area contributed by atoms with E-state index >= 15 is 0 Å². The summed E-state index contributed by atoms with van der Waals surface area (Å²) >= 11 is 7.77. The molecule has 0 aliphatic rings. The van der Waals surface area contributed by atoms with Crippen molar-refractivity contribution in [1.29, 1.82) is 0 Å². The molecule has 2 aromatic carbocycles. The number of nitrogens with zero attached hydrogens (tertiary/aromatic N) is 2. The Balaban J connectivity index is 0.000000380. The SMILES string of the molecule is Clc1ccc(SC(Cc2ccccc2)n2ccnc2)cc1.O=C(O)C(=O)O. The molecule has 27 heavy (non-hydrogen) atoms. The van der Waals surface area contributed by atoms with Crippen molar-refractivity contribution < 1.29 is 19.8 Å². The molecule has 0 saturated heterocycles. The highest BCUT2D eigenvalue weighted by Crippen LogP contribution is 2.34. The van der Waals surface area contributed by atoms with Crippen molar-refractivity contribution in [1.82, 2.24) is 9.55 Å². The lowest BCUT2D eigenvalue weighted by molar-refractivity contribution is -0.159. The first-order chi connectivity index (χ1) is 13.0. The molecule has 0 fully saturated rings. The zero-order chi connectivity index (χ0) is 19.6. The number of hydrogen-bond acceptors (Lipinski definition) is 4. The minimum absolute atomic E-state index is 0.274.